The average Bonchev–Trinajstić information content (AvgIpc) is 3.23. The van der Waals surface area contributed by atoms with E-state index >= 15 is 0 Å². The zero-order valence-electron chi connectivity index (χ0n) is 14.0. The first-order chi connectivity index (χ1) is 10.6. The van der Waals surface area contributed by atoms with Crippen molar-refractivity contribution in [2.45, 2.75) is 71.9 Å². The highest BCUT2D eigenvalue weighted by atomic mass is 16.2. The van der Waals surface area contributed by atoms with Crippen LogP contribution in [0.25, 0.3) is 0 Å². The molecule has 2 amide bonds. The van der Waals surface area contributed by atoms with Crippen LogP contribution < -0.4 is 10.6 Å². The highest BCUT2D eigenvalue weighted by molar-refractivity contribution is 5.90. The maximum absolute atomic E-state index is 12.2. The summed E-state index contributed by atoms with van der Waals surface area (Å²) in [5.74, 6) is 1.55. The minimum absolute atomic E-state index is 0.0786. The molecule has 0 aromatic carbocycles. The van der Waals surface area contributed by atoms with Crippen LogP contribution in [0.1, 0.15) is 56.8 Å². The number of urea groups is 1. The fraction of sp³-hybridized carbons (Fsp3) is 0.765. The summed E-state index contributed by atoms with van der Waals surface area (Å²) in [4.78, 5) is 12.2. The van der Waals surface area contributed by atoms with Crippen LogP contribution in [-0.2, 0) is 6.54 Å². The molecule has 22 heavy (non-hydrogen) atoms. The molecule has 2 fully saturated rings. The van der Waals surface area contributed by atoms with E-state index in [1.807, 2.05) is 18.5 Å². The Hall–Kier alpha value is -1.52. The number of nitrogens with zero attached hydrogens (tertiary/aromatic N) is 2. The zero-order valence-corrected chi connectivity index (χ0v) is 14.0. The molecule has 5 heteroatoms. The van der Waals surface area contributed by atoms with Crippen molar-refractivity contribution in [3.05, 3.63) is 11.4 Å². The van der Waals surface area contributed by atoms with Crippen LogP contribution >= 0.6 is 0 Å². The highest BCUT2D eigenvalue weighted by Gasteiger charge is 2.43. The Kier molecular flexibility index (Phi) is 4.41. The van der Waals surface area contributed by atoms with Crippen molar-refractivity contribution in [1.82, 2.24) is 15.1 Å². The molecule has 2 saturated carbocycles. The standard InChI is InChI=1S/C17H28N4O/c1-4-21-12(3)16(11(2)20-21)19-17(22)18-15-10-14(15)13-8-6-5-7-9-13/h13-15H,4-10H2,1-3H3,(H2,18,19,22)/t14-,15-/m1/s1. The zero-order chi connectivity index (χ0) is 15.7. The van der Waals surface area contributed by atoms with Crippen molar-refractivity contribution in [3.63, 3.8) is 0 Å². The lowest BCUT2D eigenvalue weighted by molar-refractivity contribution is 0.249. The first kappa shape index (κ1) is 15.4. The van der Waals surface area contributed by atoms with E-state index in [1.165, 1.54) is 32.1 Å². The molecule has 0 aliphatic heterocycles. The number of nitrogens with one attached hydrogen (secondary N) is 2. The largest absolute Gasteiger partial charge is 0.335 e. The van der Waals surface area contributed by atoms with E-state index in [0.717, 1.165) is 36.0 Å². The second kappa shape index (κ2) is 6.31. The molecule has 2 N–H and O–H groups in total. The number of aryl methyl sites for hydroxylation is 2. The van der Waals surface area contributed by atoms with Crippen LogP contribution in [0.4, 0.5) is 10.5 Å². The Bertz CT molecular complexity index is 545. The molecule has 0 radical (unpaired) electrons. The summed E-state index contributed by atoms with van der Waals surface area (Å²) in [6.07, 6.45) is 7.99. The fourth-order valence-electron chi connectivity index (χ4n) is 3.97. The van der Waals surface area contributed by atoms with Gasteiger partial charge in [-0.05, 0) is 39.0 Å². The summed E-state index contributed by atoms with van der Waals surface area (Å²) >= 11 is 0. The van der Waals surface area contributed by atoms with Gasteiger partial charge in [0.25, 0.3) is 0 Å². The van der Waals surface area contributed by atoms with Gasteiger partial charge < -0.3 is 10.6 Å². The van der Waals surface area contributed by atoms with Crippen molar-refractivity contribution in [2.75, 3.05) is 5.32 Å². The monoisotopic (exact) mass is 304 g/mol. The number of hydrogen-bond donors (Lipinski definition) is 2. The Morgan fingerprint density at radius 2 is 2.00 bits per heavy atom. The first-order valence-corrected chi connectivity index (χ1v) is 8.71. The number of carbonyl (C=O) groups excluding carboxylic acids is 1. The van der Waals surface area contributed by atoms with Gasteiger partial charge in [0.2, 0.25) is 0 Å². The van der Waals surface area contributed by atoms with Gasteiger partial charge in [0, 0.05) is 12.6 Å². The summed E-state index contributed by atoms with van der Waals surface area (Å²) in [6, 6.07) is 0.301. The average molecular weight is 304 g/mol. The SMILES string of the molecule is CCn1nc(C)c(NC(=O)N[C@@H]2C[C@@H]2C2CCCCC2)c1C. The summed E-state index contributed by atoms with van der Waals surface area (Å²) in [5.41, 5.74) is 2.76. The number of amides is 2. The van der Waals surface area contributed by atoms with Gasteiger partial charge in [0.05, 0.1) is 17.1 Å². The fourth-order valence-corrected chi connectivity index (χ4v) is 3.97. The Morgan fingerprint density at radius 1 is 1.27 bits per heavy atom. The predicted octanol–water partition coefficient (Wildman–Crippen LogP) is 3.61. The molecule has 1 aromatic rings. The Labute approximate surface area is 132 Å². The van der Waals surface area contributed by atoms with E-state index < -0.39 is 0 Å². The highest BCUT2D eigenvalue weighted by Crippen LogP contribution is 2.44. The summed E-state index contributed by atoms with van der Waals surface area (Å²) in [7, 11) is 0. The van der Waals surface area contributed by atoms with E-state index in [4.69, 9.17) is 0 Å². The smallest absolute Gasteiger partial charge is 0.319 e. The molecule has 3 rings (SSSR count). The Balaban J connectivity index is 1.52. The van der Waals surface area contributed by atoms with Crippen molar-refractivity contribution >= 4 is 11.7 Å². The van der Waals surface area contributed by atoms with Crippen molar-refractivity contribution in [1.29, 1.82) is 0 Å². The quantitative estimate of drug-likeness (QED) is 0.892. The number of rotatable bonds is 4. The van der Waals surface area contributed by atoms with Crippen molar-refractivity contribution < 1.29 is 4.79 Å². The molecule has 1 heterocycles. The second-order valence-corrected chi connectivity index (χ2v) is 6.86. The van der Waals surface area contributed by atoms with Gasteiger partial charge in [-0.15, -0.1) is 0 Å². The van der Waals surface area contributed by atoms with Gasteiger partial charge in [-0.3, -0.25) is 4.68 Å². The second-order valence-electron chi connectivity index (χ2n) is 6.86. The van der Waals surface area contributed by atoms with Crippen molar-refractivity contribution in [3.8, 4) is 0 Å². The van der Waals surface area contributed by atoms with Gasteiger partial charge >= 0.3 is 6.03 Å². The lowest BCUT2D eigenvalue weighted by Crippen LogP contribution is -2.32. The van der Waals surface area contributed by atoms with Gasteiger partial charge in [0.1, 0.15) is 0 Å². The number of carbonyl (C=O) groups is 1. The minimum Gasteiger partial charge on any atom is -0.335 e. The number of anilines is 1. The van der Waals surface area contributed by atoms with Crippen LogP contribution in [0, 0.1) is 25.7 Å². The van der Waals surface area contributed by atoms with E-state index in [2.05, 4.69) is 22.7 Å². The third-order valence-corrected chi connectivity index (χ3v) is 5.33. The molecule has 5 nitrogen and oxygen atoms in total. The molecule has 2 aliphatic carbocycles. The molecule has 0 spiro atoms. The van der Waals surface area contributed by atoms with Crippen LogP contribution in [-0.4, -0.2) is 21.9 Å². The van der Waals surface area contributed by atoms with E-state index in [0.29, 0.717) is 12.0 Å². The van der Waals surface area contributed by atoms with Gasteiger partial charge in [-0.25, -0.2) is 4.79 Å². The van der Waals surface area contributed by atoms with Gasteiger partial charge in [0.15, 0.2) is 0 Å². The summed E-state index contributed by atoms with van der Waals surface area (Å²) < 4.78 is 1.92. The lowest BCUT2D eigenvalue weighted by Gasteiger charge is -2.21. The maximum atomic E-state index is 12.2. The van der Waals surface area contributed by atoms with Crippen molar-refractivity contribution in [2.24, 2.45) is 11.8 Å². The molecule has 122 valence electrons. The molecule has 2 atom stereocenters. The van der Waals surface area contributed by atoms with Crippen LogP contribution in [0.5, 0.6) is 0 Å². The van der Waals surface area contributed by atoms with Gasteiger partial charge in [-0.1, -0.05) is 32.1 Å². The lowest BCUT2D eigenvalue weighted by atomic mass is 9.85. The summed E-state index contributed by atoms with van der Waals surface area (Å²) in [5, 5.41) is 10.6. The third-order valence-electron chi connectivity index (χ3n) is 5.33. The normalized spacial score (nSPS) is 25.0. The van der Waals surface area contributed by atoms with E-state index in [1.54, 1.807) is 0 Å². The predicted molar refractivity (Wildman–Crippen MR) is 88.0 cm³/mol. The third kappa shape index (κ3) is 3.13. The molecule has 0 saturated heterocycles. The first-order valence-electron chi connectivity index (χ1n) is 8.71. The molecular formula is C17H28N4O. The molecule has 2 aliphatic rings. The molecule has 1 aromatic heterocycles. The Morgan fingerprint density at radius 3 is 2.64 bits per heavy atom. The number of aromatic nitrogens is 2. The summed E-state index contributed by atoms with van der Waals surface area (Å²) in [6.45, 7) is 6.82. The molecule has 0 bridgehead atoms. The van der Waals surface area contributed by atoms with E-state index in [9.17, 15) is 4.79 Å². The number of hydrogen-bond acceptors (Lipinski definition) is 2. The van der Waals surface area contributed by atoms with E-state index in [-0.39, 0.29) is 6.03 Å². The topological polar surface area (TPSA) is 59.0 Å². The van der Waals surface area contributed by atoms with Crippen LogP contribution in [0.15, 0.2) is 0 Å². The minimum atomic E-state index is -0.0786. The molecule has 0 unspecified atom stereocenters. The van der Waals surface area contributed by atoms with Crippen LogP contribution in [0.3, 0.4) is 0 Å². The van der Waals surface area contributed by atoms with Gasteiger partial charge in [-0.2, -0.15) is 5.10 Å². The van der Waals surface area contributed by atoms with Crippen LogP contribution in [0.2, 0.25) is 0 Å². The maximum Gasteiger partial charge on any atom is 0.319 e. The molecular weight excluding hydrogens is 276 g/mol.